The van der Waals surface area contributed by atoms with E-state index in [9.17, 15) is 4.39 Å². The maximum atomic E-state index is 13.2. The van der Waals surface area contributed by atoms with Gasteiger partial charge in [0.2, 0.25) is 0 Å². The molecular formula is C16H18FNO. The van der Waals surface area contributed by atoms with Gasteiger partial charge in [-0.25, -0.2) is 4.39 Å². The number of ether oxygens (including phenoxy) is 1. The van der Waals surface area contributed by atoms with Crippen molar-refractivity contribution in [3.8, 4) is 5.75 Å². The van der Waals surface area contributed by atoms with Gasteiger partial charge in [-0.15, -0.1) is 0 Å². The molecule has 0 fully saturated rings. The molecule has 2 aromatic carbocycles. The molecule has 2 N–H and O–H groups in total. The minimum absolute atomic E-state index is 0.269. The molecule has 2 rings (SSSR count). The summed E-state index contributed by atoms with van der Waals surface area (Å²) in [7, 11) is 1.65. The lowest BCUT2D eigenvalue weighted by Crippen LogP contribution is -2.12. The SMILES string of the molecule is COc1c(C)cc(C(N)c2cccc(F)c2)cc1C. The summed E-state index contributed by atoms with van der Waals surface area (Å²) in [6.07, 6.45) is 0. The number of benzene rings is 2. The highest BCUT2D eigenvalue weighted by Gasteiger charge is 2.13. The Hall–Kier alpha value is -1.87. The lowest BCUT2D eigenvalue weighted by atomic mass is 9.95. The van der Waals surface area contributed by atoms with Gasteiger partial charge in [0.1, 0.15) is 11.6 Å². The van der Waals surface area contributed by atoms with Crippen molar-refractivity contribution in [2.45, 2.75) is 19.9 Å². The predicted molar refractivity (Wildman–Crippen MR) is 74.9 cm³/mol. The molecule has 2 aromatic rings. The smallest absolute Gasteiger partial charge is 0.124 e. The Morgan fingerprint density at radius 2 is 1.68 bits per heavy atom. The summed E-state index contributed by atoms with van der Waals surface area (Å²) >= 11 is 0. The molecule has 0 aliphatic rings. The van der Waals surface area contributed by atoms with E-state index in [1.54, 1.807) is 13.2 Å². The highest BCUT2D eigenvalue weighted by molar-refractivity contribution is 5.46. The number of rotatable bonds is 3. The Morgan fingerprint density at radius 1 is 1.05 bits per heavy atom. The van der Waals surface area contributed by atoms with Crippen LogP contribution in [0, 0.1) is 19.7 Å². The largest absolute Gasteiger partial charge is 0.496 e. The zero-order valence-electron chi connectivity index (χ0n) is 11.4. The summed E-state index contributed by atoms with van der Waals surface area (Å²) in [5.41, 5.74) is 10.00. The highest BCUT2D eigenvalue weighted by atomic mass is 19.1. The molecule has 0 aliphatic carbocycles. The van der Waals surface area contributed by atoms with Gasteiger partial charge in [-0.2, -0.15) is 0 Å². The van der Waals surface area contributed by atoms with Crippen molar-refractivity contribution in [1.82, 2.24) is 0 Å². The molecular weight excluding hydrogens is 241 g/mol. The van der Waals surface area contributed by atoms with Crippen molar-refractivity contribution in [1.29, 1.82) is 0 Å². The Morgan fingerprint density at radius 3 is 2.21 bits per heavy atom. The number of hydrogen-bond donors (Lipinski definition) is 1. The average Bonchev–Trinajstić information content (AvgIpc) is 2.37. The van der Waals surface area contributed by atoms with Crippen LogP contribution in [0.4, 0.5) is 4.39 Å². The lowest BCUT2D eigenvalue weighted by molar-refractivity contribution is 0.408. The van der Waals surface area contributed by atoms with Gasteiger partial charge in [-0.3, -0.25) is 0 Å². The number of methoxy groups -OCH3 is 1. The van der Waals surface area contributed by atoms with Crippen molar-refractivity contribution < 1.29 is 9.13 Å². The average molecular weight is 259 g/mol. The third-order valence-electron chi connectivity index (χ3n) is 3.25. The summed E-state index contributed by atoms with van der Waals surface area (Å²) in [6, 6.07) is 10.0. The predicted octanol–water partition coefficient (Wildman–Crippen LogP) is 3.50. The van der Waals surface area contributed by atoms with E-state index in [0.717, 1.165) is 28.0 Å². The first-order valence-corrected chi connectivity index (χ1v) is 6.19. The second kappa shape index (κ2) is 5.41. The van der Waals surface area contributed by atoms with Crippen molar-refractivity contribution >= 4 is 0 Å². The number of aryl methyl sites for hydroxylation is 2. The van der Waals surface area contributed by atoms with Crippen LogP contribution in [0.15, 0.2) is 36.4 Å². The first-order chi connectivity index (χ1) is 9.02. The molecule has 0 aliphatic heterocycles. The quantitative estimate of drug-likeness (QED) is 0.915. The van der Waals surface area contributed by atoms with Gasteiger partial charge < -0.3 is 10.5 Å². The monoisotopic (exact) mass is 259 g/mol. The summed E-state index contributed by atoms with van der Waals surface area (Å²) in [4.78, 5) is 0. The fourth-order valence-corrected chi connectivity index (χ4v) is 2.38. The third kappa shape index (κ3) is 2.76. The van der Waals surface area contributed by atoms with Crippen molar-refractivity contribution in [2.75, 3.05) is 7.11 Å². The molecule has 0 heterocycles. The van der Waals surface area contributed by atoms with E-state index in [1.165, 1.54) is 12.1 Å². The molecule has 0 saturated heterocycles. The van der Waals surface area contributed by atoms with E-state index in [2.05, 4.69) is 0 Å². The zero-order valence-corrected chi connectivity index (χ0v) is 11.4. The van der Waals surface area contributed by atoms with E-state index in [-0.39, 0.29) is 11.9 Å². The second-order valence-corrected chi connectivity index (χ2v) is 4.72. The highest BCUT2D eigenvalue weighted by Crippen LogP contribution is 2.29. The van der Waals surface area contributed by atoms with Gasteiger partial charge in [-0.1, -0.05) is 24.3 Å². The molecule has 19 heavy (non-hydrogen) atoms. The second-order valence-electron chi connectivity index (χ2n) is 4.72. The normalized spacial score (nSPS) is 12.3. The van der Waals surface area contributed by atoms with Crippen LogP contribution in [0.3, 0.4) is 0 Å². The molecule has 0 bridgehead atoms. The van der Waals surface area contributed by atoms with Crippen molar-refractivity contribution in [3.05, 3.63) is 64.5 Å². The molecule has 2 nitrogen and oxygen atoms in total. The molecule has 3 heteroatoms. The number of hydrogen-bond acceptors (Lipinski definition) is 2. The Bertz CT molecular complexity index is 572. The van der Waals surface area contributed by atoms with Crippen LogP contribution in [-0.4, -0.2) is 7.11 Å². The van der Waals surface area contributed by atoms with Crippen molar-refractivity contribution in [3.63, 3.8) is 0 Å². The van der Waals surface area contributed by atoms with Gasteiger partial charge in [0.15, 0.2) is 0 Å². The molecule has 0 spiro atoms. The molecule has 0 saturated carbocycles. The van der Waals surface area contributed by atoms with Crippen LogP contribution in [0.5, 0.6) is 5.75 Å². The first kappa shape index (κ1) is 13.6. The molecule has 0 amide bonds. The summed E-state index contributed by atoms with van der Waals surface area (Å²) in [5.74, 6) is 0.602. The third-order valence-corrected chi connectivity index (χ3v) is 3.25. The Kier molecular flexibility index (Phi) is 3.86. The van der Waals surface area contributed by atoms with E-state index in [4.69, 9.17) is 10.5 Å². The van der Waals surface area contributed by atoms with Gasteiger partial charge in [0.25, 0.3) is 0 Å². The standard InChI is InChI=1S/C16H18FNO/c1-10-7-13(8-11(2)16(10)19-3)15(18)12-5-4-6-14(17)9-12/h4-9,15H,18H2,1-3H3. The van der Waals surface area contributed by atoms with Gasteiger partial charge >= 0.3 is 0 Å². The fraction of sp³-hybridized carbons (Fsp3) is 0.250. The van der Waals surface area contributed by atoms with Crippen LogP contribution in [0.1, 0.15) is 28.3 Å². The van der Waals surface area contributed by atoms with E-state index in [1.807, 2.05) is 32.0 Å². The van der Waals surface area contributed by atoms with Crippen LogP contribution in [0.2, 0.25) is 0 Å². The first-order valence-electron chi connectivity index (χ1n) is 6.19. The molecule has 100 valence electrons. The van der Waals surface area contributed by atoms with Gasteiger partial charge in [-0.05, 0) is 48.2 Å². The number of nitrogens with two attached hydrogens (primary N) is 1. The van der Waals surface area contributed by atoms with Crippen molar-refractivity contribution in [2.24, 2.45) is 5.73 Å². The molecule has 1 unspecified atom stereocenters. The minimum Gasteiger partial charge on any atom is -0.496 e. The zero-order chi connectivity index (χ0) is 14.0. The van der Waals surface area contributed by atoms with Gasteiger partial charge in [0, 0.05) is 0 Å². The van der Waals surface area contributed by atoms with E-state index in [0.29, 0.717) is 0 Å². The van der Waals surface area contributed by atoms with Crippen LogP contribution >= 0.6 is 0 Å². The van der Waals surface area contributed by atoms with Gasteiger partial charge in [0.05, 0.1) is 13.2 Å². The fourth-order valence-electron chi connectivity index (χ4n) is 2.38. The van der Waals surface area contributed by atoms with Crippen LogP contribution < -0.4 is 10.5 Å². The maximum Gasteiger partial charge on any atom is 0.124 e. The minimum atomic E-state index is -0.334. The van der Waals surface area contributed by atoms with Crippen LogP contribution in [0.25, 0.3) is 0 Å². The molecule has 1 atom stereocenters. The molecule has 0 radical (unpaired) electrons. The maximum absolute atomic E-state index is 13.2. The Balaban J connectivity index is 2.42. The van der Waals surface area contributed by atoms with E-state index < -0.39 is 0 Å². The lowest BCUT2D eigenvalue weighted by Gasteiger charge is -2.16. The topological polar surface area (TPSA) is 35.2 Å². The summed E-state index contributed by atoms with van der Waals surface area (Å²) in [5, 5.41) is 0. The Labute approximate surface area is 113 Å². The molecule has 0 aromatic heterocycles. The number of halogens is 1. The summed E-state index contributed by atoms with van der Waals surface area (Å²) in [6.45, 7) is 3.96. The van der Waals surface area contributed by atoms with E-state index >= 15 is 0 Å². The summed E-state index contributed by atoms with van der Waals surface area (Å²) < 4.78 is 18.6. The van der Waals surface area contributed by atoms with Crippen LogP contribution in [-0.2, 0) is 0 Å².